The molecule has 0 radical (unpaired) electrons. The zero-order valence-electron chi connectivity index (χ0n) is 10.2. The standard InChI is InChI=1S/C15H10BrNO2/c1-9-5-2-3-6-10(9)14-15(18)11-7-4-8-12(16)13(11)17(14)19/h2-8H,1H3. The monoisotopic (exact) mass is 315 g/mol. The number of rotatable bonds is 1. The molecule has 2 aromatic carbocycles. The smallest absolute Gasteiger partial charge is 0.273 e. The molecule has 0 N–H and O–H groups in total. The Morgan fingerprint density at radius 1 is 1.05 bits per heavy atom. The fraction of sp³-hybridized carbons (Fsp3) is 0.0667. The lowest BCUT2D eigenvalue weighted by atomic mass is 9.99. The number of benzene rings is 2. The number of carbonyl (C=O) groups excluding carboxylic acids is 1. The van der Waals surface area contributed by atoms with Gasteiger partial charge in [0.25, 0.3) is 11.5 Å². The second-order valence-electron chi connectivity index (χ2n) is 4.42. The third kappa shape index (κ3) is 1.71. The van der Waals surface area contributed by atoms with Gasteiger partial charge in [0.2, 0.25) is 5.69 Å². The first-order chi connectivity index (χ1) is 9.11. The maximum Gasteiger partial charge on any atom is 0.273 e. The Morgan fingerprint density at radius 3 is 2.42 bits per heavy atom. The third-order valence-electron chi connectivity index (χ3n) is 3.25. The highest BCUT2D eigenvalue weighted by atomic mass is 79.9. The number of fused-ring (bicyclic) bond motifs is 1. The van der Waals surface area contributed by atoms with Crippen molar-refractivity contribution in [3.05, 3.63) is 68.8 Å². The molecule has 0 unspecified atom stereocenters. The number of carbonyl (C=O) groups is 1. The minimum Gasteiger partial charge on any atom is -0.618 e. The number of ketones is 1. The van der Waals surface area contributed by atoms with Crippen LogP contribution < -0.4 is 0 Å². The van der Waals surface area contributed by atoms with Gasteiger partial charge in [-0.3, -0.25) is 4.79 Å². The van der Waals surface area contributed by atoms with Gasteiger partial charge < -0.3 is 5.21 Å². The summed E-state index contributed by atoms with van der Waals surface area (Å²) in [6.45, 7) is 1.89. The highest BCUT2D eigenvalue weighted by molar-refractivity contribution is 9.10. The summed E-state index contributed by atoms with van der Waals surface area (Å²) in [6.07, 6.45) is 0. The molecule has 0 amide bonds. The van der Waals surface area contributed by atoms with Crippen LogP contribution in [0.15, 0.2) is 46.9 Å². The molecule has 19 heavy (non-hydrogen) atoms. The Labute approximate surface area is 118 Å². The van der Waals surface area contributed by atoms with E-state index >= 15 is 0 Å². The van der Waals surface area contributed by atoms with Crippen LogP contribution in [0.3, 0.4) is 0 Å². The first-order valence-electron chi connectivity index (χ1n) is 5.84. The van der Waals surface area contributed by atoms with Crippen LogP contribution in [0.25, 0.3) is 0 Å². The molecule has 3 rings (SSSR count). The molecular formula is C15H10BrNO2. The van der Waals surface area contributed by atoms with Gasteiger partial charge in [-0.2, -0.15) is 4.74 Å². The summed E-state index contributed by atoms with van der Waals surface area (Å²) in [5.41, 5.74) is 2.63. The number of Topliss-reactive ketones (excluding diaryl/α,β-unsaturated/α-hetero) is 1. The van der Waals surface area contributed by atoms with Crippen molar-refractivity contribution in [2.24, 2.45) is 0 Å². The first-order valence-corrected chi connectivity index (χ1v) is 6.64. The van der Waals surface area contributed by atoms with E-state index in [0.29, 0.717) is 21.3 Å². The molecule has 2 aromatic rings. The molecule has 4 heteroatoms. The van der Waals surface area contributed by atoms with E-state index < -0.39 is 0 Å². The van der Waals surface area contributed by atoms with Gasteiger partial charge in [0.1, 0.15) is 5.56 Å². The largest absolute Gasteiger partial charge is 0.618 e. The Kier molecular flexibility index (Phi) is 2.75. The van der Waals surface area contributed by atoms with Crippen molar-refractivity contribution < 1.29 is 9.53 Å². The van der Waals surface area contributed by atoms with Crippen LogP contribution in [-0.2, 0) is 0 Å². The molecule has 3 nitrogen and oxygen atoms in total. The van der Waals surface area contributed by atoms with Gasteiger partial charge >= 0.3 is 0 Å². The van der Waals surface area contributed by atoms with Gasteiger partial charge in [-0.05, 0) is 46.6 Å². The maximum absolute atomic E-state index is 12.4. The van der Waals surface area contributed by atoms with E-state index in [1.807, 2.05) is 25.1 Å². The number of halogens is 1. The number of nitrogens with zero attached hydrogens (tertiary/aromatic N) is 1. The Hall–Kier alpha value is -1.94. The number of hydrogen-bond acceptors (Lipinski definition) is 2. The summed E-state index contributed by atoms with van der Waals surface area (Å²) >= 11 is 3.33. The molecular weight excluding hydrogens is 306 g/mol. The normalized spacial score (nSPS) is 13.9. The summed E-state index contributed by atoms with van der Waals surface area (Å²) in [6, 6.07) is 12.6. The zero-order valence-corrected chi connectivity index (χ0v) is 11.8. The van der Waals surface area contributed by atoms with E-state index in [1.54, 1.807) is 24.3 Å². The van der Waals surface area contributed by atoms with Crippen molar-refractivity contribution >= 4 is 33.1 Å². The third-order valence-corrected chi connectivity index (χ3v) is 3.89. The van der Waals surface area contributed by atoms with Crippen molar-refractivity contribution in [2.75, 3.05) is 0 Å². The molecule has 0 bridgehead atoms. The second kappa shape index (κ2) is 4.31. The molecule has 0 saturated heterocycles. The highest BCUT2D eigenvalue weighted by Crippen LogP contribution is 2.35. The van der Waals surface area contributed by atoms with E-state index in [2.05, 4.69) is 15.9 Å². The Balaban J connectivity index is 2.29. The molecule has 0 fully saturated rings. The van der Waals surface area contributed by atoms with Gasteiger partial charge in [-0.15, -0.1) is 0 Å². The Bertz CT molecular complexity index is 735. The summed E-state index contributed by atoms with van der Waals surface area (Å²) in [7, 11) is 0. The van der Waals surface area contributed by atoms with E-state index in [1.165, 1.54) is 0 Å². The summed E-state index contributed by atoms with van der Waals surface area (Å²) in [5.74, 6) is -0.222. The number of aryl methyl sites for hydroxylation is 1. The van der Waals surface area contributed by atoms with Crippen LogP contribution in [0.2, 0.25) is 0 Å². The van der Waals surface area contributed by atoms with Crippen LogP contribution in [0.5, 0.6) is 0 Å². The maximum atomic E-state index is 12.4. The minimum absolute atomic E-state index is 0.194. The molecule has 0 saturated carbocycles. The summed E-state index contributed by atoms with van der Waals surface area (Å²) < 4.78 is 1.36. The van der Waals surface area contributed by atoms with Crippen molar-refractivity contribution in [3.8, 4) is 0 Å². The van der Waals surface area contributed by atoms with Crippen molar-refractivity contribution in [3.63, 3.8) is 0 Å². The van der Waals surface area contributed by atoms with Gasteiger partial charge in [0.05, 0.1) is 10.0 Å². The average molecular weight is 316 g/mol. The molecule has 1 heterocycles. The van der Waals surface area contributed by atoms with Crippen molar-refractivity contribution in [1.82, 2.24) is 0 Å². The molecule has 1 aliphatic heterocycles. The van der Waals surface area contributed by atoms with Gasteiger partial charge in [-0.25, -0.2) is 0 Å². The predicted molar refractivity (Wildman–Crippen MR) is 77.0 cm³/mol. The van der Waals surface area contributed by atoms with Crippen LogP contribution in [-0.4, -0.2) is 16.2 Å². The lowest BCUT2D eigenvalue weighted by Gasteiger charge is -2.05. The lowest BCUT2D eigenvalue weighted by Crippen LogP contribution is -2.17. The molecule has 1 aliphatic rings. The van der Waals surface area contributed by atoms with E-state index in [-0.39, 0.29) is 11.5 Å². The molecule has 0 aliphatic carbocycles. The van der Waals surface area contributed by atoms with Gasteiger partial charge in [0, 0.05) is 0 Å². The summed E-state index contributed by atoms with van der Waals surface area (Å²) in [5, 5.41) is 12.4. The lowest BCUT2D eigenvalue weighted by molar-refractivity contribution is -0.356. The summed E-state index contributed by atoms with van der Waals surface area (Å²) in [4.78, 5) is 12.4. The molecule has 0 aromatic heterocycles. The van der Waals surface area contributed by atoms with Crippen LogP contribution in [0, 0.1) is 12.1 Å². The Morgan fingerprint density at radius 2 is 1.74 bits per heavy atom. The van der Waals surface area contributed by atoms with E-state index in [0.717, 1.165) is 10.3 Å². The average Bonchev–Trinajstić information content (AvgIpc) is 2.64. The van der Waals surface area contributed by atoms with Crippen LogP contribution in [0.4, 0.5) is 5.69 Å². The quantitative estimate of drug-likeness (QED) is 0.596. The van der Waals surface area contributed by atoms with Crippen molar-refractivity contribution in [1.29, 1.82) is 0 Å². The molecule has 0 spiro atoms. The zero-order chi connectivity index (χ0) is 13.6. The minimum atomic E-state index is -0.222. The van der Waals surface area contributed by atoms with E-state index in [9.17, 15) is 10.0 Å². The van der Waals surface area contributed by atoms with Crippen LogP contribution >= 0.6 is 15.9 Å². The molecule has 0 atom stereocenters. The topological polar surface area (TPSA) is 43.1 Å². The molecule has 94 valence electrons. The fourth-order valence-corrected chi connectivity index (χ4v) is 2.83. The van der Waals surface area contributed by atoms with Gasteiger partial charge in [0.15, 0.2) is 0 Å². The predicted octanol–water partition coefficient (Wildman–Crippen LogP) is 3.58. The first kappa shape index (κ1) is 12.1. The second-order valence-corrected chi connectivity index (χ2v) is 5.28. The SMILES string of the molecule is Cc1ccccc1C1=[N+]([O-])c2c(Br)cccc2C1=O. The number of para-hydroxylation sites is 1. The van der Waals surface area contributed by atoms with Crippen LogP contribution in [0.1, 0.15) is 21.5 Å². The van der Waals surface area contributed by atoms with Gasteiger partial charge in [-0.1, -0.05) is 24.3 Å². The highest BCUT2D eigenvalue weighted by Gasteiger charge is 2.38. The van der Waals surface area contributed by atoms with Crippen molar-refractivity contribution in [2.45, 2.75) is 6.92 Å². The number of hydrogen-bond donors (Lipinski definition) is 0. The fourth-order valence-electron chi connectivity index (χ4n) is 2.31. The van der Waals surface area contributed by atoms with E-state index in [4.69, 9.17) is 0 Å².